The van der Waals surface area contributed by atoms with Gasteiger partial charge in [-0.15, -0.1) is 13.2 Å². The number of rotatable bonds is 4. The number of nitrogens with one attached hydrogen (secondary N) is 1. The average Bonchev–Trinajstić information content (AvgIpc) is 3.29. The maximum atomic E-state index is 13.3. The number of hydrogen-bond acceptors (Lipinski definition) is 7. The van der Waals surface area contributed by atoms with Crippen molar-refractivity contribution >= 4 is 12.4 Å². The maximum absolute atomic E-state index is 13.3. The van der Waals surface area contributed by atoms with E-state index in [0.717, 1.165) is 6.42 Å². The van der Waals surface area contributed by atoms with E-state index >= 15 is 0 Å². The highest BCUT2D eigenvalue weighted by Crippen LogP contribution is 2.41. The molecule has 13 heteroatoms. The van der Waals surface area contributed by atoms with Gasteiger partial charge in [-0.05, 0) is 29.8 Å². The van der Waals surface area contributed by atoms with Gasteiger partial charge in [-0.25, -0.2) is 4.68 Å². The lowest BCUT2D eigenvalue weighted by molar-refractivity contribution is -0.274. The van der Waals surface area contributed by atoms with Crippen LogP contribution in [0.25, 0.3) is 0 Å². The predicted octanol–water partition coefficient (Wildman–Crippen LogP) is 3.12. The summed E-state index contributed by atoms with van der Waals surface area (Å²) in [4.78, 5) is 26.1. The summed E-state index contributed by atoms with van der Waals surface area (Å²) < 4.78 is 54.7. The summed E-state index contributed by atoms with van der Waals surface area (Å²) in [5.74, 6) is 0.168. The van der Waals surface area contributed by atoms with Gasteiger partial charge in [0.15, 0.2) is 5.69 Å². The number of ether oxygens (including phenoxy) is 3. The van der Waals surface area contributed by atoms with Crippen molar-refractivity contribution in [2.24, 2.45) is 0 Å². The molecular formula is C23H21F3N4O6. The summed E-state index contributed by atoms with van der Waals surface area (Å²) in [6.45, 7) is 1.22. The highest BCUT2D eigenvalue weighted by atomic mass is 19.4. The molecule has 1 amide bonds. The second-order valence-electron chi connectivity index (χ2n) is 7.78. The van der Waals surface area contributed by atoms with Gasteiger partial charge in [0.05, 0.1) is 13.2 Å². The minimum absolute atomic E-state index is 0.173. The van der Waals surface area contributed by atoms with Gasteiger partial charge in [-0.3, -0.25) is 14.6 Å². The number of carbonyl (C=O) groups excluding carboxylic acids is 1. The van der Waals surface area contributed by atoms with E-state index in [9.17, 15) is 18.0 Å². The zero-order chi connectivity index (χ0) is 25.8. The van der Waals surface area contributed by atoms with Crippen LogP contribution < -0.4 is 19.5 Å². The number of pyridine rings is 1. The minimum Gasteiger partial charge on any atom is -0.491 e. The van der Waals surface area contributed by atoms with Crippen LogP contribution in [-0.4, -0.2) is 51.8 Å². The molecule has 36 heavy (non-hydrogen) atoms. The van der Waals surface area contributed by atoms with Crippen molar-refractivity contribution in [3.63, 3.8) is 0 Å². The Labute approximate surface area is 202 Å². The van der Waals surface area contributed by atoms with Crippen LogP contribution in [0.3, 0.4) is 0 Å². The molecule has 0 unspecified atom stereocenters. The summed E-state index contributed by atoms with van der Waals surface area (Å²) in [6.07, 6.45) is -2.13. The van der Waals surface area contributed by atoms with Crippen LogP contribution in [0.1, 0.15) is 34.6 Å². The largest absolute Gasteiger partial charge is 0.573 e. The molecule has 190 valence electrons. The molecule has 4 heterocycles. The predicted molar refractivity (Wildman–Crippen MR) is 117 cm³/mol. The number of amides is 1. The Hall–Kier alpha value is -4.29. The van der Waals surface area contributed by atoms with Gasteiger partial charge < -0.3 is 24.6 Å². The summed E-state index contributed by atoms with van der Waals surface area (Å²) in [6, 6.07) is 10.4. The Kier molecular flexibility index (Phi) is 6.99. The number of aryl methyl sites for hydroxylation is 1. The number of benzene rings is 1. The summed E-state index contributed by atoms with van der Waals surface area (Å²) in [7, 11) is 0. The van der Waals surface area contributed by atoms with E-state index < -0.39 is 17.8 Å². The first-order chi connectivity index (χ1) is 17.3. The lowest BCUT2D eigenvalue weighted by atomic mass is 9.81. The van der Waals surface area contributed by atoms with Gasteiger partial charge in [-0.1, -0.05) is 12.1 Å². The number of fused-ring (bicyclic) bond motifs is 2. The zero-order valence-corrected chi connectivity index (χ0v) is 18.7. The third-order valence-corrected chi connectivity index (χ3v) is 5.56. The molecule has 0 spiro atoms. The molecule has 0 aliphatic carbocycles. The number of carbonyl (C=O) groups is 2. The lowest BCUT2D eigenvalue weighted by Gasteiger charge is -2.38. The first-order valence-corrected chi connectivity index (χ1v) is 10.8. The third kappa shape index (κ3) is 5.19. The van der Waals surface area contributed by atoms with E-state index in [1.165, 1.54) is 24.3 Å². The molecule has 0 bridgehead atoms. The maximum Gasteiger partial charge on any atom is 0.573 e. The molecule has 1 aromatic carbocycles. The topological polar surface area (TPSA) is 125 Å². The molecular weight excluding hydrogens is 485 g/mol. The average molecular weight is 506 g/mol. The molecule has 3 aromatic rings. The Morgan fingerprint density at radius 3 is 2.64 bits per heavy atom. The smallest absolute Gasteiger partial charge is 0.491 e. The number of hydrogen-bond donors (Lipinski definition) is 2. The molecule has 0 saturated heterocycles. The third-order valence-electron chi connectivity index (χ3n) is 5.56. The first-order valence-electron chi connectivity index (χ1n) is 10.8. The summed E-state index contributed by atoms with van der Waals surface area (Å²) >= 11 is 0. The molecule has 2 aliphatic rings. The summed E-state index contributed by atoms with van der Waals surface area (Å²) in [5, 5.41) is 14.2. The monoisotopic (exact) mass is 506 g/mol. The standard InChI is InChI=1S/C22H19F3N4O4.CH2O2/c23-22(24,25)33-15-6-4-14(5-7-15)21(8-12-31-17-3-1-9-26-19(17)21)27-20(30)16-13-18-29(28-16)10-2-11-32-18;2-1-3/h1,3-7,9,13H,2,8,10-12H2,(H,27,30);1H,(H,2,3)/t21-;/m0./s1. The van der Waals surface area contributed by atoms with Crippen LogP contribution in [0.4, 0.5) is 13.2 Å². The highest BCUT2D eigenvalue weighted by molar-refractivity contribution is 5.93. The van der Waals surface area contributed by atoms with E-state index in [1.807, 2.05) is 0 Å². The second-order valence-corrected chi connectivity index (χ2v) is 7.78. The van der Waals surface area contributed by atoms with E-state index in [0.29, 0.717) is 42.5 Å². The van der Waals surface area contributed by atoms with Gasteiger partial charge in [0.1, 0.15) is 22.7 Å². The first kappa shape index (κ1) is 24.8. The van der Waals surface area contributed by atoms with Crippen molar-refractivity contribution in [1.82, 2.24) is 20.1 Å². The van der Waals surface area contributed by atoms with E-state index in [1.54, 1.807) is 29.1 Å². The van der Waals surface area contributed by atoms with Gasteiger partial charge in [0.2, 0.25) is 5.88 Å². The van der Waals surface area contributed by atoms with Crippen molar-refractivity contribution in [2.75, 3.05) is 13.2 Å². The van der Waals surface area contributed by atoms with Gasteiger partial charge in [0, 0.05) is 31.6 Å². The molecule has 10 nitrogen and oxygen atoms in total. The number of nitrogens with zero attached hydrogens (tertiary/aromatic N) is 3. The molecule has 2 aromatic heterocycles. The Morgan fingerprint density at radius 2 is 1.94 bits per heavy atom. The minimum atomic E-state index is -4.80. The molecule has 0 fully saturated rings. The zero-order valence-electron chi connectivity index (χ0n) is 18.7. The van der Waals surface area contributed by atoms with Crippen molar-refractivity contribution in [3.05, 3.63) is 65.6 Å². The molecule has 2 N–H and O–H groups in total. The van der Waals surface area contributed by atoms with E-state index in [-0.39, 0.29) is 24.5 Å². The highest BCUT2D eigenvalue weighted by Gasteiger charge is 2.43. The number of aromatic nitrogens is 3. The number of carboxylic acid groups (broad SMARTS) is 1. The fraction of sp³-hybridized carbons (Fsp3) is 0.304. The van der Waals surface area contributed by atoms with Crippen LogP contribution in [0.5, 0.6) is 17.4 Å². The Bertz CT molecular complexity index is 1210. The van der Waals surface area contributed by atoms with Gasteiger partial charge >= 0.3 is 6.36 Å². The van der Waals surface area contributed by atoms with Gasteiger partial charge in [-0.2, -0.15) is 5.10 Å². The van der Waals surface area contributed by atoms with Crippen LogP contribution >= 0.6 is 0 Å². The molecule has 1 atom stereocenters. The van der Waals surface area contributed by atoms with Crippen molar-refractivity contribution in [2.45, 2.75) is 31.3 Å². The van der Waals surface area contributed by atoms with Crippen molar-refractivity contribution < 1.29 is 42.1 Å². The molecule has 2 aliphatic heterocycles. The quantitative estimate of drug-likeness (QED) is 0.518. The SMILES string of the molecule is O=C(N[C@]1(c2ccc(OC(F)(F)F)cc2)CCOc2cccnc21)c1cc2n(n1)CCCO2.O=CO. The number of halogens is 3. The molecule has 5 rings (SSSR count). The van der Waals surface area contributed by atoms with Crippen LogP contribution in [0.15, 0.2) is 48.7 Å². The number of alkyl halides is 3. The fourth-order valence-electron chi connectivity index (χ4n) is 4.11. The fourth-order valence-corrected chi connectivity index (χ4v) is 4.11. The molecule has 0 saturated carbocycles. The summed E-state index contributed by atoms with van der Waals surface area (Å²) in [5.41, 5.74) is 0.0173. The lowest BCUT2D eigenvalue weighted by Crippen LogP contribution is -2.50. The normalized spacial score (nSPS) is 18.2. The molecule has 0 radical (unpaired) electrons. The van der Waals surface area contributed by atoms with Crippen LogP contribution in [0, 0.1) is 0 Å². The van der Waals surface area contributed by atoms with Crippen LogP contribution in [-0.2, 0) is 16.9 Å². The van der Waals surface area contributed by atoms with Crippen molar-refractivity contribution in [3.8, 4) is 17.4 Å². The second kappa shape index (κ2) is 10.1. The Balaban J connectivity index is 0.000000967. The Morgan fingerprint density at radius 1 is 1.19 bits per heavy atom. The van der Waals surface area contributed by atoms with Crippen LogP contribution in [0.2, 0.25) is 0 Å². The van der Waals surface area contributed by atoms with Crippen molar-refractivity contribution in [1.29, 1.82) is 0 Å². The van der Waals surface area contributed by atoms with Gasteiger partial charge in [0.25, 0.3) is 12.4 Å². The van der Waals surface area contributed by atoms with E-state index in [2.05, 4.69) is 20.1 Å². The van der Waals surface area contributed by atoms with E-state index in [4.69, 9.17) is 19.4 Å².